The first-order chi connectivity index (χ1) is 21.1. The lowest BCUT2D eigenvalue weighted by Gasteiger charge is -2.60. The van der Waals surface area contributed by atoms with Gasteiger partial charge in [-0.2, -0.15) is 0 Å². The van der Waals surface area contributed by atoms with E-state index in [9.17, 15) is 35.1 Å². The maximum atomic E-state index is 14.2. The van der Waals surface area contributed by atoms with Crippen molar-refractivity contribution in [2.75, 3.05) is 6.61 Å². The molecular weight excluding hydrogens is 584 g/mol. The number of rotatable bonds is 4. The predicted octanol–water partition coefficient (Wildman–Crippen LogP) is 1.61. The molecule has 45 heavy (non-hydrogen) atoms. The van der Waals surface area contributed by atoms with Crippen molar-refractivity contribution >= 4 is 11.8 Å². The highest BCUT2D eigenvalue weighted by atomic mass is 16.7. The first kappa shape index (κ1) is 31.9. The van der Waals surface area contributed by atoms with Gasteiger partial charge in [-0.15, -0.1) is 0 Å². The Morgan fingerprint density at radius 3 is 2.38 bits per heavy atom. The number of esters is 1. The summed E-state index contributed by atoms with van der Waals surface area (Å²) in [5.74, 6) is -0.385. The summed E-state index contributed by atoms with van der Waals surface area (Å²) in [6.45, 7) is 9.22. The van der Waals surface area contributed by atoms with Crippen LogP contribution < -0.4 is 0 Å². The zero-order valence-corrected chi connectivity index (χ0v) is 26.8. The Hall–Kier alpha value is -1.70. The van der Waals surface area contributed by atoms with E-state index in [0.717, 1.165) is 17.6 Å². The number of carbonyl (C=O) groups is 2. The fourth-order valence-corrected chi connectivity index (χ4v) is 10.9. The highest BCUT2D eigenvalue weighted by Gasteiger charge is 2.84. The van der Waals surface area contributed by atoms with Crippen LogP contribution in [0.1, 0.15) is 86.0 Å². The Morgan fingerprint density at radius 2 is 1.69 bits per heavy atom. The molecule has 11 heteroatoms. The third-order valence-corrected chi connectivity index (χ3v) is 13.9. The zero-order chi connectivity index (χ0) is 32.5. The zero-order valence-electron chi connectivity index (χ0n) is 26.8. The lowest BCUT2D eigenvalue weighted by atomic mass is 9.45. The number of hydrogen-bond acceptors (Lipinski definition) is 11. The minimum atomic E-state index is -1.56. The quantitative estimate of drug-likeness (QED) is 0.225. The highest BCUT2D eigenvalue weighted by Crippen LogP contribution is 2.77. The van der Waals surface area contributed by atoms with Gasteiger partial charge in [-0.3, -0.25) is 4.79 Å². The number of aliphatic hydroxyl groups is 5. The fourth-order valence-electron chi connectivity index (χ4n) is 10.9. The number of cyclic esters (lactones) is 1. The molecule has 5 N–H and O–H groups in total. The van der Waals surface area contributed by atoms with Gasteiger partial charge in [-0.05, 0) is 78.1 Å². The Bertz CT molecular complexity index is 1360. The van der Waals surface area contributed by atoms with Crippen LogP contribution in [-0.4, -0.2) is 104 Å². The molecule has 2 saturated heterocycles. The largest absolute Gasteiger partial charge is 0.455 e. The number of ketones is 1. The van der Waals surface area contributed by atoms with Crippen LogP contribution in [0.25, 0.3) is 0 Å². The normalized spacial score (nSPS) is 54.3. The van der Waals surface area contributed by atoms with Crippen LogP contribution in [0.3, 0.4) is 0 Å². The summed E-state index contributed by atoms with van der Waals surface area (Å²) in [6, 6.07) is 0. The van der Waals surface area contributed by atoms with E-state index in [1.807, 2.05) is 20.8 Å². The van der Waals surface area contributed by atoms with Crippen molar-refractivity contribution in [2.45, 2.75) is 146 Å². The molecule has 0 amide bonds. The summed E-state index contributed by atoms with van der Waals surface area (Å²) in [6.07, 6.45) is -1.73. The molecule has 7 aliphatic rings. The van der Waals surface area contributed by atoms with Gasteiger partial charge in [-0.25, -0.2) is 4.79 Å². The molecule has 4 aliphatic carbocycles. The van der Waals surface area contributed by atoms with Gasteiger partial charge in [0.25, 0.3) is 0 Å². The van der Waals surface area contributed by atoms with Gasteiger partial charge in [0.1, 0.15) is 47.5 Å². The molecule has 11 nitrogen and oxygen atoms in total. The number of hydrogen-bond donors (Lipinski definition) is 5. The average Bonchev–Trinajstić information content (AvgIpc) is 3.32. The Labute approximate surface area is 263 Å². The molecule has 2 bridgehead atoms. The van der Waals surface area contributed by atoms with Crippen LogP contribution in [0.2, 0.25) is 0 Å². The second kappa shape index (κ2) is 10.2. The van der Waals surface area contributed by atoms with Crippen molar-refractivity contribution in [1.82, 2.24) is 0 Å². The molecule has 250 valence electrons. The maximum absolute atomic E-state index is 14.2. The van der Waals surface area contributed by atoms with Gasteiger partial charge in [0.15, 0.2) is 6.29 Å². The predicted molar refractivity (Wildman–Crippen MR) is 157 cm³/mol. The molecule has 0 unspecified atom stereocenters. The summed E-state index contributed by atoms with van der Waals surface area (Å²) in [4.78, 5) is 27.0. The standard InChI is InChI=1S/C34H48O11/c1-16-12-24(44-28(40)17(16)2)32(5)34(41)11-10-33(45-32)21-7-6-18-13-19(42-29-27(39)26(38)25(37)22(15-35)43-29)14-23(36)31(18,4)20(21)8-9-30(33,34)3/h6,19-22,24-27,29,35,37-39,41H,7-15H2,1-5H3/t19-,20+,21-,22-,24-,25-,26+,27-,29-,30+,31+,32-,33-,34+/m1/s1. The third kappa shape index (κ3) is 3.87. The van der Waals surface area contributed by atoms with E-state index in [2.05, 4.69) is 13.0 Å². The molecule has 0 aromatic rings. The van der Waals surface area contributed by atoms with E-state index in [-0.39, 0.29) is 30.0 Å². The summed E-state index contributed by atoms with van der Waals surface area (Å²) in [5, 5.41) is 53.1. The summed E-state index contributed by atoms with van der Waals surface area (Å²) >= 11 is 0. The average molecular weight is 633 g/mol. The number of aliphatic hydroxyl groups excluding tert-OH is 4. The first-order valence-electron chi connectivity index (χ1n) is 16.6. The van der Waals surface area contributed by atoms with Gasteiger partial charge in [0.2, 0.25) is 0 Å². The van der Waals surface area contributed by atoms with Crippen molar-refractivity contribution in [3.8, 4) is 0 Å². The number of ether oxygens (including phenoxy) is 4. The van der Waals surface area contributed by atoms with Gasteiger partial charge >= 0.3 is 5.97 Å². The monoisotopic (exact) mass is 632 g/mol. The smallest absolute Gasteiger partial charge is 0.334 e. The van der Waals surface area contributed by atoms with Crippen LogP contribution in [0, 0.1) is 22.7 Å². The lowest BCUT2D eigenvalue weighted by molar-refractivity contribution is -0.312. The summed E-state index contributed by atoms with van der Waals surface area (Å²) in [7, 11) is 0. The van der Waals surface area contributed by atoms with Crippen LogP contribution >= 0.6 is 0 Å². The van der Waals surface area contributed by atoms with Crippen LogP contribution in [0.5, 0.6) is 0 Å². The maximum Gasteiger partial charge on any atom is 0.334 e. The third-order valence-electron chi connectivity index (χ3n) is 13.9. The minimum Gasteiger partial charge on any atom is -0.455 e. The minimum absolute atomic E-state index is 0.0197. The van der Waals surface area contributed by atoms with E-state index in [0.29, 0.717) is 44.1 Å². The van der Waals surface area contributed by atoms with Gasteiger partial charge in [0, 0.05) is 23.8 Å². The van der Waals surface area contributed by atoms with Gasteiger partial charge in [0.05, 0.1) is 23.7 Å². The summed E-state index contributed by atoms with van der Waals surface area (Å²) in [5.41, 5.74) is -1.81. The van der Waals surface area contributed by atoms with Crippen molar-refractivity contribution in [1.29, 1.82) is 0 Å². The van der Waals surface area contributed by atoms with Crippen LogP contribution in [0.15, 0.2) is 22.8 Å². The molecule has 5 fully saturated rings. The number of allylic oxidation sites excluding steroid dienone is 1. The van der Waals surface area contributed by atoms with Crippen LogP contribution in [0.4, 0.5) is 0 Å². The van der Waals surface area contributed by atoms with E-state index >= 15 is 0 Å². The van der Waals surface area contributed by atoms with Crippen molar-refractivity contribution in [3.63, 3.8) is 0 Å². The van der Waals surface area contributed by atoms with Crippen molar-refractivity contribution < 1.29 is 54.1 Å². The van der Waals surface area contributed by atoms with Crippen molar-refractivity contribution in [3.05, 3.63) is 22.8 Å². The topological polar surface area (TPSA) is 172 Å². The fraction of sp³-hybridized carbons (Fsp3) is 0.824. The Balaban J connectivity index is 1.17. The number of fused-ring (bicyclic) bond motifs is 3. The Morgan fingerprint density at radius 1 is 0.956 bits per heavy atom. The summed E-state index contributed by atoms with van der Waals surface area (Å²) < 4.78 is 24.8. The highest BCUT2D eigenvalue weighted by molar-refractivity contribution is 5.90. The molecule has 0 spiro atoms. The molecule has 0 aromatic carbocycles. The number of carbonyl (C=O) groups excluding carboxylic acids is 2. The van der Waals surface area contributed by atoms with E-state index in [4.69, 9.17) is 18.9 Å². The Kier molecular flexibility index (Phi) is 7.19. The molecule has 3 heterocycles. The second-order valence-electron chi connectivity index (χ2n) is 15.5. The van der Waals surface area contributed by atoms with E-state index in [1.54, 1.807) is 6.92 Å². The molecule has 14 atom stereocenters. The van der Waals surface area contributed by atoms with Gasteiger partial charge in [-0.1, -0.05) is 24.1 Å². The molecule has 3 saturated carbocycles. The molecule has 3 aliphatic heterocycles. The lowest BCUT2D eigenvalue weighted by Crippen LogP contribution is -2.63. The molecule has 7 rings (SSSR count). The van der Waals surface area contributed by atoms with E-state index < -0.39 is 77.2 Å². The van der Waals surface area contributed by atoms with Crippen molar-refractivity contribution in [2.24, 2.45) is 22.7 Å². The van der Waals surface area contributed by atoms with E-state index in [1.165, 1.54) is 0 Å². The first-order valence-corrected chi connectivity index (χ1v) is 16.6. The SMILES string of the molecule is CC1=C(C)C(=O)O[C@@H]([C@@]2(C)O[C@@]34CC[C@]2(O)[C@@]3(C)CC[C@H]2[C@H]4CC=C3C[C@@H](O[C@@H]4O[C@H](CO)[C@@H](O)[C@H](O)[C@H]4O)CC(=O)[C@@]32C)C1. The number of Topliss-reactive ketones (excluding diaryl/α,β-unsaturated/α-hetero) is 1. The van der Waals surface area contributed by atoms with Crippen LogP contribution in [-0.2, 0) is 28.5 Å². The molecule has 0 radical (unpaired) electrons. The van der Waals surface area contributed by atoms with Gasteiger partial charge < -0.3 is 44.5 Å². The second-order valence-corrected chi connectivity index (χ2v) is 15.5. The molecule has 0 aromatic heterocycles. The molecular formula is C34H48O11.